The number of carbonyl (C=O) groups is 1. The van der Waals surface area contributed by atoms with Gasteiger partial charge in [0.15, 0.2) is 0 Å². The molecule has 7 nitrogen and oxygen atoms in total. The fourth-order valence-corrected chi connectivity index (χ4v) is 4.10. The summed E-state index contributed by atoms with van der Waals surface area (Å²) in [5.41, 5.74) is 0. The first-order valence-corrected chi connectivity index (χ1v) is 9.73. The molecule has 1 heterocycles. The van der Waals surface area contributed by atoms with Gasteiger partial charge in [-0.15, -0.1) is 0 Å². The topological polar surface area (TPSA) is 93.1 Å². The molecule has 0 radical (unpaired) electrons. The number of benzene rings is 1. The van der Waals surface area contributed by atoms with Crippen LogP contribution in [0.3, 0.4) is 0 Å². The van der Waals surface area contributed by atoms with E-state index in [-0.39, 0.29) is 28.1 Å². The number of rotatable bonds is 8. The van der Waals surface area contributed by atoms with E-state index in [0.29, 0.717) is 19.8 Å². The van der Waals surface area contributed by atoms with Gasteiger partial charge < -0.3 is 14.6 Å². The molecule has 1 N–H and O–H groups in total. The number of ether oxygens (including phenoxy) is 2. The predicted octanol–water partition coefficient (Wildman–Crippen LogP) is 2.10. The Morgan fingerprint density at radius 2 is 2.24 bits per heavy atom. The van der Waals surface area contributed by atoms with E-state index in [1.54, 1.807) is 6.07 Å². The van der Waals surface area contributed by atoms with Crippen LogP contribution < -0.4 is 4.74 Å². The van der Waals surface area contributed by atoms with Crippen molar-refractivity contribution < 1.29 is 27.8 Å². The molecule has 1 saturated heterocycles. The molecule has 1 aromatic rings. The van der Waals surface area contributed by atoms with Crippen molar-refractivity contribution in [3.05, 3.63) is 23.2 Å². The van der Waals surface area contributed by atoms with Crippen molar-refractivity contribution >= 4 is 27.6 Å². The molecule has 1 aromatic carbocycles. The molecule has 9 heteroatoms. The standard InChI is InChI=1S/C16H22ClNO6S/c1-11(16(19)20)8-18(2)25(21,22)15-7-13(17)3-4-14(15)24-10-12-5-6-23-9-12/h3-4,7,11-12H,5-6,8-10H2,1-2H3,(H,19,20). The summed E-state index contributed by atoms with van der Waals surface area (Å²) in [4.78, 5) is 10.9. The van der Waals surface area contributed by atoms with Crippen LogP contribution >= 0.6 is 11.6 Å². The van der Waals surface area contributed by atoms with Gasteiger partial charge in [-0.1, -0.05) is 18.5 Å². The maximum absolute atomic E-state index is 12.8. The quantitative estimate of drug-likeness (QED) is 0.729. The molecular formula is C16H22ClNO6S. The zero-order chi connectivity index (χ0) is 18.6. The number of carboxylic acid groups (broad SMARTS) is 1. The lowest BCUT2D eigenvalue weighted by Crippen LogP contribution is -2.34. The van der Waals surface area contributed by atoms with E-state index in [9.17, 15) is 13.2 Å². The SMILES string of the molecule is CC(CN(C)S(=O)(=O)c1cc(Cl)ccc1OCC1CCOC1)C(=O)O. The van der Waals surface area contributed by atoms with Crippen LogP contribution in [0.2, 0.25) is 5.02 Å². The lowest BCUT2D eigenvalue weighted by molar-refractivity contribution is -0.141. The summed E-state index contributed by atoms with van der Waals surface area (Å²) >= 11 is 5.96. The Balaban J connectivity index is 2.22. The minimum absolute atomic E-state index is 0.0704. The second-order valence-electron chi connectivity index (χ2n) is 6.16. The van der Waals surface area contributed by atoms with Gasteiger partial charge in [0.05, 0.1) is 19.1 Å². The molecular weight excluding hydrogens is 370 g/mol. The number of aliphatic carboxylic acids is 1. The summed E-state index contributed by atoms with van der Waals surface area (Å²) < 4.78 is 37.6. The van der Waals surface area contributed by atoms with Crippen molar-refractivity contribution in [2.24, 2.45) is 11.8 Å². The van der Waals surface area contributed by atoms with Crippen LogP contribution in [0.25, 0.3) is 0 Å². The van der Waals surface area contributed by atoms with E-state index in [1.165, 1.54) is 26.1 Å². The highest BCUT2D eigenvalue weighted by Gasteiger charge is 2.28. The van der Waals surface area contributed by atoms with Crippen molar-refractivity contribution in [1.82, 2.24) is 4.31 Å². The maximum Gasteiger partial charge on any atom is 0.307 e. The van der Waals surface area contributed by atoms with Gasteiger partial charge in [0.25, 0.3) is 0 Å². The van der Waals surface area contributed by atoms with Crippen molar-refractivity contribution in [2.45, 2.75) is 18.2 Å². The van der Waals surface area contributed by atoms with Gasteiger partial charge in [-0.3, -0.25) is 4.79 Å². The van der Waals surface area contributed by atoms with Gasteiger partial charge in [0.2, 0.25) is 10.0 Å². The van der Waals surface area contributed by atoms with E-state index >= 15 is 0 Å². The van der Waals surface area contributed by atoms with Gasteiger partial charge in [0.1, 0.15) is 10.6 Å². The maximum atomic E-state index is 12.8. The normalized spacial score (nSPS) is 19.1. The number of nitrogens with zero attached hydrogens (tertiary/aromatic N) is 1. The highest BCUT2D eigenvalue weighted by molar-refractivity contribution is 7.89. The second kappa shape index (κ2) is 8.35. The Labute approximate surface area is 152 Å². The summed E-state index contributed by atoms with van der Waals surface area (Å²) in [5.74, 6) is -1.48. The molecule has 0 aliphatic carbocycles. The third kappa shape index (κ3) is 5.07. The van der Waals surface area contributed by atoms with Gasteiger partial charge in [-0.05, 0) is 24.6 Å². The number of carboxylic acids is 1. The van der Waals surface area contributed by atoms with Crippen LogP contribution in [0.15, 0.2) is 23.1 Å². The first-order chi connectivity index (χ1) is 11.7. The summed E-state index contributed by atoms with van der Waals surface area (Å²) in [6.45, 7) is 2.91. The van der Waals surface area contributed by atoms with E-state index in [4.69, 9.17) is 26.2 Å². The Morgan fingerprint density at radius 3 is 2.84 bits per heavy atom. The lowest BCUT2D eigenvalue weighted by Gasteiger charge is -2.21. The first kappa shape index (κ1) is 20.0. The third-order valence-electron chi connectivity index (χ3n) is 4.05. The fourth-order valence-electron chi connectivity index (χ4n) is 2.45. The molecule has 0 aromatic heterocycles. The molecule has 140 valence electrons. The van der Waals surface area contributed by atoms with Crippen LogP contribution in [-0.2, 0) is 19.6 Å². The fraction of sp³-hybridized carbons (Fsp3) is 0.562. The molecule has 25 heavy (non-hydrogen) atoms. The molecule has 1 aliphatic heterocycles. The average Bonchev–Trinajstić information content (AvgIpc) is 3.06. The molecule has 1 fully saturated rings. The summed E-state index contributed by atoms with van der Waals surface area (Å²) in [6.07, 6.45) is 0.867. The Bertz CT molecular complexity index is 717. The molecule has 0 amide bonds. The molecule has 2 rings (SSSR count). The van der Waals surface area contributed by atoms with Crippen LogP contribution in [0.4, 0.5) is 0 Å². The van der Waals surface area contributed by atoms with Crippen molar-refractivity contribution in [1.29, 1.82) is 0 Å². The van der Waals surface area contributed by atoms with Crippen LogP contribution in [-0.4, -0.2) is 57.2 Å². The molecule has 1 aliphatic rings. The molecule has 0 bridgehead atoms. The lowest BCUT2D eigenvalue weighted by atomic mass is 10.1. The predicted molar refractivity (Wildman–Crippen MR) is 92.5 cm³/mol. The van der Waals surface area contributed by atoms with Crippen molar-refractivity contribution in [3.63, 3.8) is 0 Å². The number of sulfonamides is 1. The minimum atomic E-state index is -3.94. The summed E-state index contributed by atoms with van der Waals surface area (Å²) in [6, 6.07) is 4.39. The smallest absolute Gasteiger partial charge is 0.307 e. The molecule has 2 atom stereocenters. The number of hydrogen-bond acceptors (Lipinski definition) is 5. The van der Waals surface area contributed by atoms with E-state index in [2.05, 4.69) is 0 Å². The zero-order valence-electron chi connectivity index (χ0n) is 14.1. The van der Waals surface area contributed by atoms with E-state index in [0.717, 1.165) is 10.7 Å². The van der Waals surface area contributed by atoms with Gasteiger partial charge in [0, 0.05) is 31.1 Å². The largest absolute Gasteiger partial charge is 0.492 e. The second-order valence-corrected chi connectivity index (χ2v) is 8.61. The Morgan fingerprint density at radius 1 is 1.52 bits per heavy atom. The zero-order valence-corrected chi connectivity index (χ0v) is 15.7. The van der Waals surface area contributed by atoms with E-state index < -0.39 is 21.9 Å². The van der Waals surface area contributed by atoms with Crippen LogP contribution in [0, 0.1) is 11.8 Å². The van der Waals surface area contributed by atoms with Crippen LogP contribution in [0.5, 0.6) is 5.75 Å². The number of halogens is 1. The third-order valence-corrected chi connectivity index (χ3v) is 6.12. The summed E-state index contributed by atoms with van der Waals surface area (Å²) in [7, 11) is -2.60. The molecule has 0 spiro atoms. The minimum Gasteiger partial charge on any atom is -0.492 e. The van der Waals surface area contributed by atoms with Gasteiger partial charge in [-0.25, -0.2) is 8.42 Å². The monoisotopic (exact) mass is 391 g/mol. The van der Waals surface area contributed by atoms with Crippen LogP contribution in [0.1, 0.15) is 13.3 Å². The van der Waals surface area contributed by atoms with Gasteiger partial charge >= 0.3 is 5.97 Å². The molecule has 0 saturated carbocycles. The number of hydrogen-bond donors (Lipinski definition) is 1. The first-order valence-electron chi connectivity index (χ1n) is 7.91. The highest BCUT2D eigenvalue weighted by Crippen LogP contribution is 2.30. The van der Waals surface area contributed by atoms with Crippen molar-refractivity contribution in [3.8, 4) is 5.75 Å². The van der Waals surface area contributed by atoms with Gasteiger partial charge in [-0.2, -0.15) is 4.31 Å². The Hall–Kier alpha value is -1.35. The van der Waals surface area contributed by atoms with E-state index in [1.807, 2.05) is 0 Å². The van der Waals surface area contributed by atoms with Crippen molar-refractivity contribution in [2.75, 3.05) is 33.4 Å². The molecule has 2 unspecified atom stereocenters. The average molecular weight is 392 g/mol. The Kier molecular flexibility index (Phi) is 6.67. The summed E-state index contributed by atoms with van der Waals surface area (Å²) in [5, 5.41) is 9.25. The highest BCUT2D eigenvalue weighted by atomic mass is 35.5.